The van der Waals surface area contributed by atoms with Gasteiger partial charge in [-0.05, 0) is 19.3 Å². The van der Waals surface area contributed by atoms with Crippen LogP contribution < -0.4 is 5.32 Å². The van der Waals surface area contributed by atoms with Crippen molar-refractivity contribution in [3.05, 3.63) is 10.7 Å². The lowest BCUT2D eigenvalue weighted by molar-refractivity contribution is 0.00556. The zero-order chi connectivity index (χ0) is 17.6. The number of hydrogen-bond acceptors (Lipinski definition) is 6. The number of methoxy groups -OCH3 is 1. The summed E-state index contributed by atoms with van der Waals surface area (Å²) in [7, 11) is 1.37. The maximum atomic E-state index is 14.5. The van der Waals surface area contributed by atoms with Gasteiger partial charge in [0.1, 0.15) is 10.3 Å². The zero-order valence-electron chi connectivity index (χ0n) is 12.8. The molecule has 6 nitrogen and oxygen atoms in total. The van der Waals surface area contributed by atoms with Crippen LogP contribution in [0.4, 0.5) is 4.39 Å². The van der Waals surface area contributed by atoms with Gasteiger partial charge in [-0.1, -0.05) is 23.2 Å². The summed E-state index contributed by atoms with van der Waals surface area (Å²) in [4.78, 5) is 0. The van der Waals surface area contributed by atoms with E-state index >= 15 is 0 Å². The number of aliphatic hydroxyl groups is 3. The van der Waals surface area contributed by atoms with Gasteiger partial charge in [0, 0.05) is 19.6 Å². The monoisotopic (exact) mass is 372 g/mol. The Morgan fingerprint density at radius 3 is 2.52 bits per heavy atom. The molecule has 1 aliphatic carbocycles. The van der Waals surface area contributed by atoms with Gasteiger partial charge in [-0.2, -0.15) is 0 Å². The molecule has 0 heterocycles. The highest BCUT2D eigenvalue weighted by Gasteiger charge is 2.31. The van der Waals surface area contributed by atoms with E-state index in [0.717, 1.165) is 0 Å². The Hall–Kier alpha value is -0.440. The molecule has 5 atom stereocenters. The number of nitrogens with one attached hydrogen (secondary N) is 2. The van der Waals surface area contributed by atoms with Gasteiger partial charge in [-0.25, -0.2) is 4.39 Å². The van der Waals surface area contributed by atoms with E-state index < -0.39 is 29.7 Å². The molecule has 1 rings (SSSR count). The standard InChI is InChI=1S/C14H23Cl2FN2O4/c1-23-6-9(21)5-10(22)12(17)11(13(15)18)14(16)19-7-2-3-8(20)4-7/h7-10,12,18-22H,2-6H2,1H3/t7?,8-,9-,10+,12?/m0/s1. The summed E-state index contributed by atoms with van der Waals surface area (Å²) >= 11 is 11.6. The number of hydrogen-bond donors (Lipinski definition) is 5. The molecule has 2 unspecified atom stereocenters. The normalized spacial score (nSPS) is 26.4. The minimum absolute atomic E-state index is 0.0485. The Labute approximate surface area is 144 Å². The molecule has 134 valence electrons. The molecule has 0 radical (unpaired) electrons. The average molecular weight is 373 g/mol. The average Bonchev–Trinajstić information content (AvgIpc) is 2.83. The number of aliphatic hydroxyl groups excluding tert-OH is 3. The minimum atomic E-state index is -2.03. The molecule has 1 fully saturated rings. The summed E-state index contributed by atoms with van der Waals surface area (Å²) in [6.45, 7) is -0.0485. The van der Waals surface area contributed by atoms with Crippen LogP contribution in [0.2, 0.25) is 0 Å². The van der Waals surface area contributed by atoms with Gasteiger partial charge in [-0.15, -0.1) is 0 Å². The second-order valence-corrected chi connectivity index (χ2v) is 6.42. The first-order valence-corrected chi connectivity index (χ1v) is 8.09. The highest BCUT2D eigenvalue weighted by molar-refractivity contribution is 6.69. The lowest BCUT2D eigenvalue weighted by atomic mass is 10.0. The number of rotatable bonds is 9. The molecule has 0 spiro atoms. The second kappa shape index (κ2) is 9.76. The third kappa shape index (κ3) is 6.52. The molecule has 0 aromatic rings. The molecule has 0 aromatic carbocycles. The van der Waals surface area contributed by atoms with Crippen LogP contribution in [-0.2, 0) is 4.74 Å². The highest BCUT2D eigenvalue weighted by atomic mass is 35.5. The van der Waals surface area contributed by atoms with E-state index in [9.17, 15) is 19.7 Å². The van der Waals surface area contributed by atoms with Crippen molar-refractivity contribution in [3.8, 4) is 0 Å². The van der Waals surface area contributed by atoms with Crippen molar-refractivity contribution >= 4 is 28.4 Å². The molecule has 0 saturated heterocycles. The summed E-state index contributed by atoms with van der Waals surface area (Å²) in [5.41, 5.74) is -0.369. The van der Waals surface area contributed by atoms with Crippen LogP contribution in [0.15, 0.2) is 10.7 Å². The van der Waals surface area contributed by atoms with E-state index in [1.165, 1.54) is 7.11 Å². The molecule has 0 aromatic heterocycles. The van der Waals surface area contributed by atoms with Crippen molar-refractivity contribution in [2.45, 2.75) is 56.2 Å². The van der Waals surface area contributed by atoms with Gasteiger partial charge in [-0.3, -0.25) is 5.41 Å². The van der Waals surface area contributed by atoms with Gasteiger partial charge in [0.2, 0.25) is 0 Å². The van der Waals surface area contributed by atoms with Gasteiger partial charge in [0.25, 0.3) is 0 Å². The van der Waals surface area contributed by atoms with Crippen molar-refractivity contribution in [2.75, 3.05) is 13.7 Å². The van der Waals surface area contributed by atoms with Crippen molar-refractivity contribution in [2.24, 2.45) is 0 Å². The smallest absolute Gasteiger partial charge is 0.157 e. The quantitative estimate of drug-likeness (QED) is 0.309. The van der Waals surface area contributed by atoms with Crippen LogP contribution in [0.5, 0.6) is 0 Å². The van der Waals surface area contributed by atoms with Crippen LogP contribution in [0.3, 0.4) is 0 Å². The van der Waals surface area contributed by atoms with Crippen molar-refractivity contribution < 1.29 is 24.4 Å². The fraction of sp³-hybridized carbons (Fsp3) is 0.786. The Kier molecular flexibility index (Phi) is 8.74. The Balaban J connectivity index is 2.78. The molecule has 0 bridgehead atoms. The van der Waals surface area contributed by atoms with Crippen molar-refractivity contribution in [1.82, 2.24) is 5.32 Å². The summed E-state index contributed by atoms with van der Waals surface area (Å²) in [6.07, 6.45) is -3.65. The molecule has 0 aliphatic heterocycles. The molecular weight excluding hydrogens is 350 g/mol. The third-order valence-electron chi connectivity index (χ3n) is 3.69. The van der Waals surface area contributed by atoms with Gasteiger partial charge >= 0.3 is 0 Å². The predicted molar refractivity (Wildman–Crippen MR) is 86.6 cm³/mol. The van der Waals surface area contributed by atoms with E-state index in [2.05, 4.69) is 5.32 Å². The lowest BCUT2D eigenvalue weighted by Gasteiger charge is -2.22. The van der Waals surface area contributed by atoms with E-state index in [0.29, 0.717) is 19.3 Å². The maximum Gasteiger partial charge on any atom is 0.157 e. The minimum Gasteiger partial charge on any atom is -0.393 e. The number of ether oxygens (including phenoxy) is 1. The van der Waals surface area contributed by atoms with Crippen LogP contribution in [0.1, 0.15) is 25.7 Å². The second-order valence-electron chi connectivity index (χ2n) is 5.66. The Bertz CT molecular complexity index is 439. The summed E-state index contributed by atoms with van der Waals surface area (Å²) in [6, 6.07) is -0.146. The van der Waals surface area contributed by atoms with Gasteiger partial charge in [0.15, 0.2) is 6.17 Å². The summed E-state index contributed by atoms with van der Waals surface area (Å²) in [5, 5.41) is 38.4. The lowest BCUT2D eigenvalue weighted by Crippen LogP contribution is -2.34. The fourth-order valence-electron chi connectivity index (χ4n) is 2.54. The third-order valence-corrected chi connectivity index (χ3v) is 4.21. The largest absolute Gasteiger partial charge is 0.393 e. The van der Waals surface area contributed by atoms with Gasteiger partial charge < -0.3 is 25.4 Å². The first-order valence-electron chi connectivity index (χ1n) is 7.34. The molecule has 23 heavy (non-hydrogen) atoms. The topological polar surface area (TPSA) is 106 Å². The predicted octanol–water partition coefficient (Wildman–Crippen LogP) is 1.25. The van der Waals surface area contributed by atoms with E-state index in [1.807, 2.05) is 0 Å². The van der Waals surface area contributed by atoms with Crippen LogP contribution >= 0.6 is 23.2 Å². The first-order chi connectivity index (χ1) is 10.8. The molecule has 1 saturated carbocycles. The molecule has 9 heteroatoms. The van der Waals surface area contributed by atoms with Crippen molar-refractivity contribution in [1.29, 1.82) is 5.41 Å². The van der Waals surface area contributed by atoms with E-state index in [4.69, 9.17) is 33.3 Å². The van der Waals surface area contributed by atoms with Crippen LogP contribution in [-0.4, -0.2) is 64.7 Å². The van der Waals surface area contributed by atoms with E-state index in [1.54, 1.807) is 0 Å². The Morgan fingerprint density at radius 2 is 2.04 bits per heavy atom. The number of alkyl halides is 1. The number of halogens is 3. The first kappa shape index (κ1) is 20.6. The maximum absolute atomic E-state index is 14.5. The van der Waals surface area contributed by atoms with Crippen LogP contribution in [0, 0.1) is 5.41 Å². The summed E-state index contributed by atoms with van der Waals surface area (Å²) < 4.78 is 19.2. The zero-order valence-corrected chi connectivity index (χ0v) is 14.3. The molecule has 0 amide bonds. The molecule has 5 N–H and O–H groups in total. The van der Waals surface area contributed by atoms with Gasteiger partial charge in [0.05, 0.1) is 30.5 Å². The molecular formula is C14H23Cl2FN2O4. The SMILES string of the molecule is COC[C@@H](O)C[C@@H](O)C(F)C(C(=N)Cl)=C(Cl)NC1CC[C@H](O)C1. The van der Waals surface area contributed by atoms with Crippen molar-refractivity contribution in [3.63, 3.8) is 0 Å². The van der Waals surface area contributed by atoms with E-state index in [-0.39, 0.29) is 29.8 Å². The molecule has 1 aliphatic rings. The highest BCUT2D eigenvalue weighted by Crippen LogP contribution is 2.26. The van der Waals surface area contributed by atoms with Crippen LogP contribution in [0.25, 0.3) is 0 Å². The fourth-order valence-corrected chi connectivity index (χ4v) is 3.14. The Morgan fingerprint density at radius 1 is 1.39 bits per heavy atom. The summed E-state index contributed by atoms with van der Waals surface area (Å²) in [5.74, 6) is 0.